The quantitative estimate of drug-likeness (QED) is 0.847. The van der Waals surface area contributed by atoms with Gasteiger partial charge in [0, 0.05) is 12.1 Å². The van der Waals surface area contributed by atoms with Crippen molar-refractivity contribution in [3.8, 4) is 5.75 Å². The van der Waals surface area contributed by atoms with Crippen molar-refractivity contribution in [3.63, 3.8) is 0 Å². The fourth-order valence-electron chi connectivity index (χ4n) is 2.78. The average Bonchev–Trinajstić information content (AvgIpc) is 2.53. The number of ether oxygens (including phenoxy) is 1. The Morgan fingerprint density at radius 1 is 1.24 bits per heavy atom. The summed E-state index contributed by atoms with van der Waals surface area (Å²) in [5.41, 5.74) is 1.15. The van der Waals surface area contributed by atoms with Gasteiger partial charge in [-0.25, -0.2) is 0 Å². The van der Waals surface area contributed by atoms with Crippen LogP contribution in [-0.4, -0.2) is 25.6 Å². The first kappa shape index (κ1) is 15.8. The zero-order valence-electron chi connectivity index (χ0n) is 13.0. The highest BCUT2D eigenvalue weighted by Crippen LogP contribution is 2.18. The van der Waals surface area contributed by atoms with E-state index in [2.05, 4.69) is 17.6 Å². The van der Waals surface area contributed by atoms with Crippen molar-refractivity contribution >= 4 is 5.91 Å². The van der Waals surface area contributed by atoms with Crippen LogP contribution < -0.4 is 15.4 Å². The van der Waals surface area contributed by atoms with Crippen LogP contribution in [0.3, 0.4) is 0 Å². The Hall–Kier alpha value is -1.55. The number of rotatable bonds is 6. The SMILES string of the molecule is COc1ccc([C@@H](C)NCC(=O)NC2CCCCC2)cc1. The fourth-order valence-corrected chi connectivity index (χ4v) is 2.78. The number of methoxy groups -OCH3 is 1. The van der Waals surface area contributed by atoms with E-state index < -0.39 is 0 Å². The first-order valence-electron chi connectivity index (χ1n) is 7.85. The van der Waals surface area contributed by atoms with E-state index in [4.69, 9.17) is 4.74 Å². The lowest BCUT2D eigenvalue weighted by Gasteiger charge is -2.23. The number of hydrogen-bond donors (Lipinski definition) is 2. The third-order valence-corrected chi connectivity index (χ3v) is 4.15. The Balaban J connectivity index is 1.74. The van der Waals surface area contributed by atoms with Crippen molar-refractivity contribution in [3.05, 3.63) is 29.8 Å². The molecule has 1 saturated carbocycles. The highest BCUT2D eigenvalue weighted by molar-refractivity contribution is 5.78. The molecular formula is C17H26N2O2. The van der Waals surface area contributed by atoms with Gasteiger partial charge in [-0.2, -0.15) is 0 Å². The number of amides is 1. The minimum Gasteiger partial charge on any atom is -0.497 e. The van der Waals surface area contributed by atoms with Crippen LogP contribution in [0.1, 0.15) is 50.6 Å². The second-order valence-electron chi connectivity index (χ2n) is 5.78. The molecular weight excluding hydrogens is 264 g/mol. The summed E-state index contributed by atoms with van der Waals surface area (Å²) in [4.78, 5) is 12.0. The molecule has 1 aromatic carbocycles. The van der Waals surface area contributed by atoms with Gasteiger partial charge in [0.15, 0.2) is 0 Å². The maximum atomic E-state index is 12.0. The number of nitrogens with one attached hydrogen (secondary N) is 2. The molecule has 0 saturated heterocycles. The van der Waals surface area contributed by atoms with E-state index in [0.717, 1.165) is 24.2 Å². The zero-order valence-corrected chi connectivity index (χ0v) is 13.0. The molecule has 4 heteroatoms. The van der Waals surface area contributed by atoms with E-state index in [1.165, 1.54) is 19.3 Å². The van der Waals surface area contributed by atoms with Gasteiger partial charge in [0.25, 0.3) is 0 Å². The molecule has 0 spiro atoms. The van der Waals surface area contributed by atoms with Crippen LogP contribution in [0.2, 0.25) is 0 Å². The summed E-state index contributed by atoms with van der Waals surface area (Å²) in [6.07, 6.45) is 6.03. The van der Waals surface area contributed by atoms with Crippen molar-refractivity contribution in [1.82, 2.24) is 10.6 Å². The summed E-state index contributed by atoms with van der Waals surface area (Å²) in [5, 5.41) is 6.40. The predicted molar refractivity (Wildman–Crippen MR) is 84.4 cm³/mol. The summed E-state index contributed by atoms with van der Waals surface area (Å²) < 4.78 is 5.15. The van der Waals surface area contributed by atoms with E-state index in [1.807, 2.05) is 24.3 Å². The molecule has 0 aromatic heterocycles. The lowest BCUT2D eigenvalue weighted by Crippen LogP contribution is -2.41. The normalized spacial score (nSPS) is 17.2. The van der Waals surface area contributed by atoms with Crippen LogP contribution in [0.5, 0.6) is 5.75 Å². The van der Waals surface area contributed by atoms with Crippen LogP contribution in [-0.2, 0) is 4.79 Å². The van der Waals surface area contributed by atoms with Crippen LogP contribution in [0.4, 0.5) is 0 Å². The van der Waals surface area contributed by atoms with Crippen molar-refractivity contribution in [2.45, 2.75) is 51.1 Å². The number of carbonyl (C=O) groups is 1. The molecule has 2 rings (SSSR count). The molecule has 1 fully saturated rings. The lowest BCUT2D eigenvalue weighted by molar-refractivity contribution is -0.121. The molecule has 1 aromatic rings. The topological polar surface area (TPSA) is 50.4 Å². The summed E-state index contributed by atoms with van der Waals surface area (Å²) in [7, 11) is 1.66. The predicted octanol–water partition coefficient (Wildman–Crippen LogP) is 2.79. The van der Waals surface area contributed by atoms with E-state index >= 15 is 0 Å². The number of benzene rings is 1. The minimum absolute atomic E-state index is 0.0993. The third-order valence-electron chi connectivity index (χ3n) is 4.15. The fraction of sp³-hybridized carbons (Fsp3) is 0.588. The zero-order chi connectivity index (χ0) is 15.1. The van der Waals surface area contributed by atoms with Gasteiger partial charge < -0.3 is 15.4 Å². The standard InChI is InChI=1S/C17H26N2O2/c1-13(14-8-10-16(21-2)11-9-14)18-12-17(20)19-15-6-4-3-5-7-15/h8-11,13,15,18H,3-7,12H2,1-2H3,(H,19,20)/t13-/m1/s1. The Morgan fingerprint density at radius 2 is 1.90 bits per heavy atom. The summed E-state index contributed by atoms with van der Waals surface area (Å²) in [6.45, 7) is 2.43. The van der Waals surface area contributed by atoms with Crippen LogP contribution in [0.25, 0.3) is 0 Å². The van der Waals surface area contributed by atoms with Crippen molar-refractivity contribution in [1.29, 1.82) is 0 Å². The average molecular weight is 290 g/mol. The molecule has 0 bridgehead atoms. The molecule has 0 aliphatic heterocycles. The smallest absolute Gasteiger partial charge is 0.234 e. The first-order chi connectivity index (χ1) is 10.2. The van der Waals surface area contributed by atoms with E-state index in [-0.39, 0.29) is 11.9 Å². The van der Waals surface area contributed by atoms with Gasteiger partial charge in [0.1, 0.15) is 5.75 Å². The van der Waals surface area contributed by atoms with Gasteiger partial charge in [0.2, 0.25) is 5.91 Å². The molecule has 1 aliphatic carbocycles. The van der Waals surface area contributed by atoms with Crippen molar-refractivity contribution < 1.29 is 9.53 Å². The second kappa shape index (κ2) is 8.03. The monoisotopic (exact) mass is 290 g/mol. The summed E-state index contributed by atoms with van der Waals surface area (Å²) in [6, 6.07) is 8.45. The molecule has 21 heavy (non-hydrogen) atoms. The maximum Gasteiger partial charge on any atom is 0.234 e. The van der Waals surface area contributed by atoms with Gasteiger partial charge >= 0.3 is 0 Å². The maximum absolute atomic E-state index is 12.0. The largest absolute Gasteiger partial charge is 0.497 e. The van der Waals surface area contributed by atoms with Gasteiger partial charge in [-0.3, -0.25) is 4.79 Å². The highest BCUT2D eigenvalue weighted by atomic mass is 16.5. The molecule has 0 heterocycles. The Bertz CT molecular complexity index is 439. The summed E-state index contributed by atoms with van der Waals surface area (Å²) >= 11 is 0. The molecule has 4 nitrogen and oxygen atoms in total. The Kier molecular flexibility index (Phi) is 6.05. The van der Waals surface area contributed by atoms with E-state index in [1.54, 1.807) is 7.11 Å². The molecule has 1 atom stereocenters. The Morgan fingerprint density at radius 3 is 2.52 bits per heavy atom. The van der Waals surface area contributed by atoms with E-state index in [9.17, 15) is 4.79 Å². The van der Waals surface area contributed by atoms with Gasteiger partial charge in [-0.1, -0.05) is 31.4 Å². The van der Waals surface area contributed by atoms with Gasteiger partial charge in [-0.05, 0) is 37.5 Å². The Labute approximate surface area is 127 Å². The molecule has 2 N–H and O–H groups in total. The number of carbonyl (C=O) groups excluding carboxylic acids is 1. The highest BCUT2D eigenvalue weighted by Gasteiger charge is 2.16. The van der Waals surface area contributed by atoms with Crippen LogP contribution >= 0.6 is 0 Å². The van der Waals surface area contributed by atoms with Gasteiger partial charge in [0.05, 0.1) is 13.7 Å². The molecule has 0 radical (unpaired) electrons. The van der Waals surface area contributed by atoms with E-state index in [0.29, 0.717) is 12.6 Å². The van der Waals surface area contributed by atoms with Crippen molar-refractivity contribution in [2.24, 2.45) is 0 Å². The van der Waals surface area contributed by atoms with Gasteiger partial charge in [-0.15, -0.1) is 0 Å². The third kappa shape index (κ3) is 5.05. The first-order valence-corrected chi connectivity index (χ1v) is 7.85. The molecule has 116 valence electrons. The van der Waals surface area contributed by atoms with Crippen LogP contribution in [0, 0.1) is 0 Å². The molecule has 0 unspecified atom stereocenters. The van der Waals surface area contributed by atoms with Crippen LogP contribution in [0.15, 0.2) is 24.3 Å². The summed E-state index contributed by atoms with van der Waals surface area (Å²) in [5.74, 6) is 0.947. The lowest BCUT2D eigenvalue weighted by atomic mass is 9.95. The number of hydrogen-bond acceptors (Lipinski definition) is 3. The van der Waals surface area contributed by atoms with Crippen molar-refractivity contribution in [2.75, 3.05) is 13.7 Å². The minimum atomic E-state index is 0.0993. The molecule has 1 amide bonds. The molecule has 1 aliphatic rings. The second-order valence-corrected chi connectivity index (χ2v) is 5.78.